The quantitative estimate of drug-likeness (QED) is 0.398. The molecule has 2 heterocycles. The lowest BCUT2D eigenvalue weighted by Gasteiger charge is -2.03. The van der Waals surface area contributed by atoms with E-state index in [1.54, 1.807) is 31.4 Å². The first-order valence-electron chi connectivity index (χ1n) is 7.86. The van der Waals surface area contributed by atoms with Gasteiger partial charge in [-0.15, -0.1) is 5.10 Å². The summed E-state index contributed by atoms with van der Waals surface area (Å²) in [5.41, 5.74) is 0.598. The maximum absolute atomic E-state index is 12.7. The molecule has 4 rings (SSSR count). The van der Waals surface area contributed by atoms with Crippen molar-refractivity contribution in [3.8, 4) is 17.1 Å². The molecule has 0 bridgehead atoms. The number of para-hydroxylation sites is 2. The molecule has 0 radical (unpaired) electrons. The van der Waals surface area contributed by atoms with Gasteiger partial charge in [0.05, 0.1) is 27.7 Å². The molecule has 0 spiro atoms. The van der Waals surface area contributed by atoms with Gasteiger partial charge in [0, 0.05) is 6.07 Å². The zero-order valence-electron chi connectivity index (χ0n) is 14.0. The number of hydrogen-bond acceptors (Lipinski definition) is 7. The van der Waals surface area contributed by atoms with Gasteiger partial charge < -0.3 is 4.74 Å². The van der Waals surface area contributed by atoms with Crippen LogP contribution < -0.4 is 14.8 Å². The van der Waals surface area contributed by atoms with E-state index in [0.29, 0.717) is 32.2 Å². The van der Waals surface area contributed by atoms with Crippen molar-refractivity contribution in [3.05, 3.63) is 79.1 Å². The Morgan fingerprint density at radius 2 is 1.93 bits per heavy atom. The third-order valence-electron chi connectivity index (χ3n) is 3.95. The number of fused-ring (bicyclic) bond motifs is 1. The predicted molar refractivity (Wildman–Crippen MR) is 101 cm³/mol. The van der Waals surface area contributed by atoms with Gasteiger partial charge in [0.2, 0.25) is 4.96 Å². The zero-order valence-corrected chi connectivity index (χ0v) is 14.8. The van der Waals surface area contributed by atoms with Crippen molar-refractivity contribution in [1.82, 2.24) is 14.6 Å². The molecule has 0 saturated carbocycles. The number of rotatable bonds is 4. The highest BCUT2D eigenvalue weighted by Gasteiger charge is 2.16. The van der Waals surface area contributed by atoms with Crippen LogP contribution in [0.3, 0.4) is 0 Å². The maximum atomic E-state index is 12.7. The summed E-state index contributed by atoms with van der Waals surface area (Å²) in [6.45, 7) is 0. The first-order chi connectivity index (χ1) is 13.1. The standard InChI is InChI=1S/C18H12N4O4S/c1-26-14-9-5-3-7-12(14)16-19-18-21(20-16)17(23)15(27-18)10-11-6-2-4-8-13(11)22(24)25/h2-10H,1H3/b15-10+. The smallest absolute Gasteiger partial charge is 0.291 e. The molecule has 8 nitrogen and oxygen atoms in total. The normalized spacial score (nSPS) is 11.8. The Balaban J connectivity index is 1.85. The number of nitrogens with zero attached hydrogens (tertiary/aromatic N) is 4. The highest BCUT2D eigenvalue weighted by atomic mass is 32.1. The second-order valence-corrected chi connectivity index (χ2v) is 6.57. The van der Waals surface area contributed by atoms with Crippen molar-refractivity contribution < 1.29 is 9.66 Å². The summed E-state index contributed by atoms with van der Waals surface area (Å²) in [5.74, 6) is 0.989. The van der Waals surface area contributed by atoms with Crippen molar-refractivity contribution >= 4 is 28.1 Å². The molecule has 0 saturated heterocycles. The fourth-order valence-electron chi connectivity index (χ4n) is 2.69. The van der Waals surface area contributed by atoms with Gasteiger partial charge in [0.15, 0.2) is 5.82 Å². The Kier molecular flexibility index (Phi) is 4.13. The van der Waals surface area contributed by atoms with Gasteiger partial charge in [-0.3, -0.25) is 14.9 Å². The summed E-state index contributed by atoms with van der Waals surface area (Å²) in [4.78, 5) is 28.1. The Labute approximate surface area is 156 Å². The van der Waals surface area contributed by atoms with E-state index in [0.717, 1.165) is 11.3 Å². The molecule has 0 aliphatic rings. The van der Waals surface area contributed by atoms with Crippen molar-refractivity contribution in [2.45, 2.75) is 0 Å². The molecule has 4 aromatic rings. The van der Waals surface area contributed by atoms with Crippen LogP contribution in [0.1, 0.15) is 5.56 Å². The predicted octanol–water partition coefficient (Wildman–Crippen LogP) is 2.28. The molecular weight excluding hydrogens is 368 g/mol. The van der Waals surface area contributed by atoms with E-state index >= 15 is 0 Å². The summed E-state index contributed by atoms with van der Waals surface area (Å²) in [6, 6.07) is 13.5. The second kappa shape index (κ2) is 6.61. The molecule has 134 valence electrons. The molecule has 2 aromatic carbocycles. The van der Waals surface area contributed by atoms with Crippen LogP contribution in [-0.2, 0) is 0 Å². The third-order valence-corrected chi connectivity index (χ3v) is 4.91. The lowest BCUT2D eigenvalue weighted by Crippen LogP contribution is -2.23. The lowest BCUT2D eigenvalue weighted by atomic mass is 10.2. The first-order valence-corrected chi connectivity index (χ1v) is 8.68. The molecule has 0 amide bonds. The van der Waals surface area contributed by atoms with Gasteiger partial charge in [-0.2, -0.15) is 9.50 Å². The number of benzene rings is 2. The molecule has 27 heavy (non-hydrogen) atoms. The third kappa shape index (κ3) is 2.93. The number of nitro groups is 1. The molecule has 2 aromatic heterocycles. The van der Waals surface area contributed by atoms with Crippen molar-refractivity contribution in [2.24, 2.45) is 0 Å². The highest BCUT2D eigenvalue weighted by Crippen LogP contribution is 2.27. The van der Waals surface area contributed by atoms with Crippen molar-refractivity contribution in [2.75, 3.05) is 7.11 Å². The van der Waals surface area contributed by atoms with Crippen LogP contribution in [0.25, 0.3) is 22.4 Å². The Morgan fingerprint density at radius 3 is 2.67 bits per heavy atom. The SMILES string of the molecule is COc1ccccc1-c1nc2s/c(=C/c3ccccc3[N+](=O)[O-])c(=O)n2n1. The maximum Gasteiger partial charge on any atom is 0.291 e. The van der Waals surface area contributed by atoms with Crippen LogP contribution in [0, 0.1) is 10.1 Å². The van der Waals surface area contributed by atoms with Gasteiger partial charge in [0.25, 0.3) is 11.2 Å². The number of methoxy groups -OCH3 is 1. The van der Waals surface area contributed by atoms with E-state index < -0.39 is 4.92 Å². The fraction of sp³-hybridized carbons (Fsp3) is 0.0556. The molecule has 0 N–H and O–H groups in total. The Morgan fingerprint density at radius 1 is 1.19 bits per heavy atom. The van der Waals surface area contributed by atoms with E-state index in [-0.39, 0.29) is 11.2 Å². The van der Waals surface area contributed by atoms with E-state index in [4.69, 9.17) is 4.74 Å². The lowest BCUT2D eigenvalue weighted by molar-refractivity contribution is -0.385. The van der Waals surface area contributed by atoms with E-state index in [2.05, 4.69) is 10.1 Å². The van der Waals surface area contributed by atoms with Gasteiger partial charge >= 0.3 is 0 Å². The molecule has 0 atom stereocenters. The summed E-state index contributed by atoms with van der Waals surface area (Å²) >= 11 is 1.13. The van der Waals surface area contributed by atoms with Crippen LogP contribution in [0.15, 0.2) is 53.3 Å². The van der Waals surface area contributed by atoms with Gasteiger partial charge in [-0.05, 0) is 24.3 Å². The minimum Gasteiger partial charge on any atom is -0.496 e. The van der Waals surface area contributed by atoms with E-state index in [9.17, 15) is 14.9 Å². The largest absolute Gasteiger partial charge is 0.496 e. The van der Waals surface area contributed by atoms with Crippen LogP contribution in [-0.4, -0.2) is 26.6 Å². The van der Waals surface area contributed by atoms with E-state index in [1.807, 2.05) is 18.2 Å². The zero-order chi connectivity index (χ0) is 19.0. The molecular formula is C18H12N4O4S. The molecule has 0 unspecified atom stereocenters. The minimum atomic E-state index is -0.479. The molecule has 0 fully saturated rings. The monoisotopic (exact) mass is 380 g/mol. The summed E-state index contributed by atoms with van der Waals surface area (Å²) in [7, 11) is 1.55. The van der Waals surface area contributed by atoms with Crippen LogP contribution in [0.4, 0.5) is 5.69 Å². The van der Waals surface area contributed by atoms with Crippen LogP contribution in [0.2, 0.25) is 0 Å². The minimum absolute atomic E-state index is 0.0642. The average Bonchev–Trinajstić information content (AvgIpc) is 3.22. The van der Waals surface area contributed by atoms with Gasteiger partial charge in [-0.1, -0.05) is 35.6 Å². The molecule has 9 heteroatoms. The number of ether oxygens (including phenoxy) is 1. The molecule has 0 aliphatic heterocycles. The fourth-order valence-corrected chi connectivity index (χ4v) is 3.59. The highest BCUT2D eigenvalue weighted by molar-refractivity contribution is 7.15. The molecule has 0 aliphatic carbocycles. The number of nitro benzene ring substituents is 1. The Hall–Kier alpha value is -3.59. The topological polar surface area (TPSA) is 99.6 Å². The first kappa shape index (κ1) is 16.9. The summed E-state index contributed by atoms with van der Waals surface area (Å²) in [5, 5.41) is 15.4. The number of hydrogen-bond donors (Lipinski definition) is 0. The summed E-state index contributed by atoms with van der Waals surface area (Å²) in [6.07, 6.45) is 1.49. The van der Waals surface area contributed by atoms with Crippen molar-refractivity contribution in [3.63, 3.8) is 0 Å². The Bertz CT molecular complexity index is 1280. The van der Waals surface area contributed by atoms with Crippen LogP contribution >= 0.6 is 11.3 Å². The van der Waals surface area contributed by atoms with Crippen molar-refractivity contribution in [1.29, 1.82) is 0 Å². The number of thiazole rings is 1. The second-order valence-electron chi connectivity index (χ2n) is 5.56. The number of aromatic nitrogens is 3. The average molecular weight is 380 g/mol. The van der Waals surface area contributed by atoms with Crippen LogP contribution in [0.5, 0.6) is 5.75 Å². The van der Waals surface area contributed by atoms with Gasteiger partial charge in [0.1, 0.15) is 5.75 Å². The van der Waals surface area contributed by atoms with E-state index in [1.165, 1.54) is 16.7 Å². The van der Waals surface area contributed by atoms with Gasteiger partial charge in [-0.25, -0.2) is 0 Å². The summed E-state index contributed by atoms with van der Waals surface area (Å²) < 4.78 is 6.83.